The summed E-state index contributed by atoms with van der Waals surface area (Å²) in [6.07, 6.45) is 6.97. The predicted molar refractivity (Wildman–Crippen MR) is 177 cm³/mol. The van der Waals surface area contributed by atoms with Gasteiger partial charge in [-0.25, -0.2) is 4.79 Å². The van der Waals surface area contributed by atoms with E-state index in [0.29, 0.717) is 34.9 Å². The smallest absolute Gasteiger partial charge is 0.335 e. The molecule has 0 radical (unpaired) electrons. The third-order valence-electron chi connectivity index (χ3n) is 8.91. The first-order chi connectivity index (χ1) is 22.8. The first-order valence-corrected chi connectivity index (χ1v) is 15.8. The molecule has 0 bridgehead atoms. The van der Waals surface area contributed by atoms with Gasteiger partial charge >= 0.3 is 5.97 Å². The van der Waals surface area contributed by atoms with Gasteiger partial charge in [-0.2, -0.15) is 4.68 Å². The zero-order valence-electron chi connectivity index (χ0n) is 25.5. The van der Waals surface area contributed by atoms with Crippen molar-refractivity contribution in [3.8, 4) is 5.69 Å². The minimum Gasteiger partial charge on any atom is -0.478 e. The lowest BCUT2D eigenvalue weighted by Crippen LogP contribution is -2.61. The van der Waals surface area contributed by atoms with Gasteiger partial charge in [-0.05, 0) is 96.9 Å². The van der Waals surface area contributed by atoms with Crippen LogP contribution in [-0.4, -0.2) is 90.7 Å². The monoisotopic (exact) mass is 654 g/mol. The number of likely N-dealkylation sites (tertiary alicyclic amines) is 2. The summed E-state index contributed by atoms with van der Waals surface area (Å²) in [5.74, 6) is -2.08. The molecule has 2 aliphatic heterocycles. The molecule has 13 heteroatoms. The van der Waals surface area contributed by atoms with Gasteiger partial charge in [0.25, 0.3) is 0 Å². The fraction of sp³-hybridized carbons (Fsp3) is 0.294. The molecule has 3 aromatic carbocycles. The number of tetrazole rings is 1. The van der Waals surface area contributed by atoms with Gasteiger partial charge in [0, 0.05) is 46.9 Å². The van der Waals surface area contributed by atoms with E-state index in [1.165, 1.54) is 29.2 Å². The molecule has 242 valence electrons. The highest BCUT2D eigenvalue weighted by atomic mass is 35.5. The molecular formula is C34H35ClN8O4. The molecule has 0 unspecified atom stereocenters. The van der Waals surface area contributed by atoms with Gasteiger partial charge in [-0.1, -0.05) is 41.9 Å². The predicted octanol–water partition coefficient (Wildman–Crippen LogP) is 3.84. The molecule has 12 nitrogen and oxygen atoms in total. The molecule has 6 rings (SSSR count). The second-order valence-electron chi connectivity index (χ2n) is 11.9. The van der Waals surface area contributed by atoms with Crippen LogP contribution in [0.5, 0.6) is 0 Å². The Morgan fingerprint density at radius 1 is 1.00 bits per heavy atom. The Balaban J connectivity index is 1.36. The molecule has 0 saturated carbocycles. The summed E-state index contributed by atoms with van der Waals surface area (Å²) in [4.78, 5) is 43.9. The zero-order chi connectivity index (χ0) is 32.9. The highest BCUT2D eigenvalue weighted by Crippen LogP contribution is 2.37. The standard InChI is InChI=1S/C34H35ClN8O4/c35-25-9-12-30(43-21-37-39-40-43)24(18-25)8-13-31(44)42-20-28(41-16-14-26(36)15-17-41)19-29(22-4-2-1-3-5-22)32(42)33(45)38-27-10-6-23(7-11-27)34(46)47/h1-13,18,21,26,28-29,32H,14-17,19-20,36H2,(H,38,45)(H,46,47)/t28-,29-,32-/m0/s1. The van der Waals surface area contributed by atoms with Crippen LogP contribution in [0.4, 0.5) is 5.69 Å². The van der Waals surface area contributed by atoms with E-state index in [1.807, 2.05) is 30.3 Å². The van der Waals surface area contributed by atoms with Crippen LogP contribution in [0.3, 0.4) is 0 Å². The van der Waals surface area contributed by atoms with Crippen molar-refractivity contribution in [2.45, 2.75) is 43.3 Å². The maximum atomic E-state index is 14.3. The van der Waals surface area contributed by atoms with Crippen LogP contribution in [0.25, 0.3) is 11.8 Å². The molecule has 2 amide bonds. The van der Waals surface area contributed by atoms with Crippen LogP contribution in [0.15, 0.2) is 85.2 Å². The van der Waals surface area contributed by atoms with Crippen LogP contribution in [0.2, 0.25) is 5.02 Å². The Labute approximate surface area is 276 Å². The van der Waals surface area contributed by atoms with Crippen molar-refractivity contribution in [1.82, 2.24) is 30.0 Å². The minimum absolute atomic E-state index is 0.00640. The number of carbonyl (C=O) groups is 3. The van der Waals surface area contributed by atoms with Gasteiger partial charge in [-0.15, -0.1) is 5.10 Å². The van der Waals surface area contributed by atoms with Crippen LogP contribution in [0.1, 0.15) is 46.7 Å². The molecule has 4 N–H and O–H groups in total. The molecule has 0 spiro atoms. The lowest BCUT2D eigenvalue weighted by Gasteiger charge is -2.48. The molecule has 1 aromatic heterocycles. The number of nitrogens with one attached hydrogen (secondary N) is 1. The molecule has 3 heterocycles. The summed E-state index contributed by atoms with van der Waals surface area (Å²) >= 11 is 6.32. The van der Waals surface area contributed by atoms with Gasteiger partial charge in [0.05, 0.1) is 11.3 Å². The third-order valence-corrected chi connectivity index (χ3v) is 9.15. The van der Waals surface area contributed by atoms with Gasteiger partial charge in [0.2, 0.25) is 11.8 Å². The molecule has 4 aromatic rings. The fourth-order valence-corrected chi connectivity index (χ4v) is 6.66. The number of aromatic nitrogens is 4. The van der Waals surface area contributed by atoms with Gasteiger partial charge in [0.1, 0.15) is 12.4 Å². The number of hydrogen-bond acceptors (Lipinski definition) is 8. The maximum Gasteiger partial charge on any atom is 0.335 e. The summed E-state index contributed by atoms with van der Waals surface area (Å²) in [6, 6.07) is 20.2. The average molecular weight is 655 g/mol. The molecule has 3 atom stereocenters. The molecular weight excluding hydrogens is 620 g/mol. The van der Waals surface area contributed by atoms with E-state index >= 15 is 0 Å². The van der Waals surface area contributed by atoms with E-state index in [9.17, 15) is 19.5 Å². The number of anilines is 1. The van der Waals surface area contributed by atoms with E-state index in [-0.39, 0.29) is 35.4 Å². The van der Waals surface area contributed by atoms with E-state index in [2.05, 4.69) is 25.7 Å². The van der Waals surface area contributed by atoms with Crippen LogP contribution in [0, 0.1) is 0 Å². The number of rotatable bonds is 8. The fourth-order valence-electron chi connectivity index (χ4n) is 6.48. The van der Waals surface area contributed by atoms with Gasteiger partial charge < -0.3 is 21.1 Å². The molecule has 47 heavy (non-hydrogen) atoms. The Morgan fingerprint density at radius 3 is 2.43 bits per heavy atom. The number of carboxylic acids is 1. The first-order valence-electron chi connectivity index (χ1n) is 15.5. The number of carboxylic acid groups (broad SMARTS) is 1. The van der Waals surface area contributed by atoms with Crippen LogP contribution >= 0.6 is 11.6 Å². The zero-order valence-corrected chi connectivity index (χ0v) is 26.3. The second-order valence-corrected chi connectivity index (χ2v) is 12.3. The lowest BCUT2D eigenvalue weighted by molar-refractivity contribution is -0.139. The summed E-state index contributed by atoms with van der Waals surface area (Å²) in [5, 5.41) is 24.2. The summed E-state index contributed by atoms with van der Waals surface area (Å²) in [7, 11) is 0. The number of hydrogen-bond donors (Lipinski definition) is 3. The van der Waals surface area contributed by atoms with Crippen molar-refractivity contribution in [3.63, 3.8) is 0 Å². The molecule has 2 saturated heterocycles. The van der Waals surface area contributed by atoms with Crippen molar-refractivity contribution in [2.75, 3.05) is 25.0 Å². The minimum atomic E-state index is -1.06. The van der Waals surface area contributed by atoms with Crippen molar-refractivity contribution >= 4 is 41.1 Å². The number of piperidine rings is 2. The Morgan fingerprint density at radius 2 is 1.74 bits per heavy atom. The number of nitrogens with zero attached hydrogens (tertiary/aromatic N) is 6. The molecule has 2 fully saturated rings. The SMILES string of the molecule is NC1CCN([C@H]2C[C@@H](c3ccccc3)[C@@H](C(=O)Nc3ccc(C(=O)O)cc3)N(C(=O)C=Cc3cc(Cl)ccc3-n3cnnn3)C2)CC1. The number of aromatic carboxylic acids is 1. The Kier molecular flexibility index (Phi) is 9.71. The number of halogens is 1. The van der Waals surface area contributed by atoms with E-state index in [1.54, 1.807) is 41.3 Å². The van der Waals surface area contributed by atoms with E-state index in [0.717, 1.165) is 31.5 Å². The maximum absolute atomic E-state index is 14.3. The number of nitrogens with two attached hydrogens (primary N) is 1. The number of amides is 2. The second kappa shape index (κ2) is 14.2. The molecule has 0 aliphatic carbocycles. The number of benzene rings is 3. The van der Waals surface area contributed by atoms with E-state index in [4.69, 9.17) is 17.3 Å². The quantitative estimate of drug-likeness (QED) is 0.240. The molecule has 2 aliphatic rings. The Hall–Kier alpha value is -4.91. The van der Waals surface area contributed by atoms with Crippen LogP contribution in [-0.2, 0) is 9.59 Å². The normalized spacial score (nSPS) is 20.7. The largest absolute Gasteiger partial charge is 0.478 e. The number of carbonyl (C=O) groups excluding carboxylic acids is 2. The van der Waals surface area contributed by atoms with Crippen LogP contribution < -0.4 is 11.1 Å². The van der Waals surface area contributed by atoms with Gasteiger partial charge in [-0.3, -0.25) is 14.5 Å². The van der Waals surface area contributed by atoms with Gasteiger partial charge in [0.15, 0.2) is 0 Å². The van der Waals surface area contributed by atoms with Crippen molar-refractivity contribution in [2.24, 2.45) is 5.73 Å². The first kappa shape index (κ1) is 32.0. The summed E-state index contributed by atoms with van der Waals surface area (Å²) < 4.78 is 1.48. The topological polar surface area (TPSA) is 160 Å². The highest BCUT2D eigenvalue weighted by Gasteiger charge is 2.44. The summed E-state index contributed by atoms with van der Waals surface area (Å²) in [5.41, 5.74) is 8.97. The highest BCUT2D eigenvalue weighted by molar-refractivity contribution is 6.30. The lowest BCUT2D eigenvalue weighted by atomic mass is 9.80. The van der Waals surface area contributed by atoms with Crippen molar-refractivity contribution in [1.29, 1.82) is 0 Å². The van der Waals surface area contributed by atoms with Crippen molar-refractivity contribution < 1.29 is 19.5 Å². The van der Waals surface area contributed by atoms with E-state index < -0.39 is 12.0 Å². The third kappa shape index (κ3) is 7.40. The average Bonchev–Trinajstić information content (AvgIpc) is 3.62. The summed E-state index contributed by atoms with van der Waals surface area (Å²) in [6.45, 7) is 1.97. The Bertz CT molecular complexity index is 1740. The van der Waals surface area contributed by atoms with Crippen molar-refractivity contribution in [3.05, 3.63) is 107 Å².